The highest BCUT2D eigenvalue weighted by Crippen LogP contribution is 2.39. The molecule has 0 spiro atoms. The maximum Gasteiger partial charge on any atom is 0.305 e. The molecule has 0 radical (unpaired) electrons. The summed E-state index contributed by atoms with van der Waals surface area (Å²) in [5, 5.41) is 0.823. The Bertz CT molecular complexity index is 527. The van der Waals surface area contributed by atoms with Gasteiger partial charge < -0.3 is 13.8 Å². The van der Waals surface area contributed by atoms with Crippen molar-refractivity contribution in [1.29, 1.82) is 0 Å². The first kappa shape index (κ1) is 28.7. The van der Waals surface area contributed by atoms with Crippen molar-refractivity contribution in [3.05, 3.63) is 29.8 Å². The Morgan fingerprint density at radius 1 is 1.21 bits per heavy atom. The molecule has 1 aliphatic heterocycles. The summed E-state index contributed by atoms with van der Waals surface area (Å²) >= 11 is 0.777. The molecule has 0 aromatic heterocycles. The second-order valence-electron chi connectivity index (χ2n) is 7.71. The van der Waals surface area contributed by atoms with Gasteiger partial charge in [0.1, 0.15) is 13.2 Å². The standard InChI is InChI=1S/C13H26NO2S2.C7H8OS.C2H6/c1-14(2,3)9-10-16-13(15)7-5-4-6-12-8-11-17-18-12;1-6-2-4-7(9-8)5-3-6;1-2/h12H,4-11H2,1-3H3;2-5,8H,1H3;1-2H3/q+1;;. The average molecular weight is 463 g/mol. The molecular weight excluding hydrogens is 422 g/mol. The third-order valence-electron chi connectivity index (χ3n) is 4.04. The third kappa shape index (κ3) is 17.1. The molecular formula is C22H40NO3S3+. The Morgan fingerprint density at radius 2 is 1.86 bits per heavy atom. The Balaban J connectivity index is 0.000000595. The lowest BCUT2D eigenvalue weighted by atomic mass is 10.1. The first-order valence-electron chi connectivity index (χ1n) is 10.4. The van der Waals surface area contributed by atoms with Crippen molar-refractivity contribution in [2.75, 3.05) is 40.0 Å². The minimum absolute atomic E-state index is 0.0306. The van der Waals surface area contributed by atoms with E-state index in [1.54, 1.807) is 0 Å². The fourth-order valence-electron chi connectivity index (χ4n) is 2.31. The van der Waals surface area contributed by atoms with E-state index in [4.69, 9.17) is 9.29 Å². The first-order chi connectivity index (χ1) is 13.8. The maximum absolute atomic E-state index is 11.5. The molecule has 4 nitrogen and oxygen atoms in total. The van der Waals surface area contributed by atoms with Crippen LogP contribution in [0.15, 0.2) is 29.2 Å². The molecule has 1 unspecified atom stereocenters. The fraction of sp³-hybridized carbons (Fsp3) is 0.682. The van der Waals surface area contributed by atoms with Crippen molar-refractivity contribution in [3.63, 3.8) is 0 Å². The van der Waals surface area contributed by atoms with Crippen LogP contribution in [-0.2, 0) is 9.53 Å². The van der Waals surface area contributed by atoms with Gasteiger partial charge in [-0.15, -0.1) is 0 Å². The predicted octanol–water partition coefficient (Wildman–Crippen LogP) is 6.54. The number of carbonyl (C=O) groups excluding carboxylic acids is 1. The molecule has 29 heavy (non-hydrogen) atoms. The van der Waals surface area contributed by atoms with Crippen molar-refractivity contribution >= 4 is 39.6 Å². The van der Waals surface area contributed by atoms with Gasteiger partial charge in [-0.25, -0.2) is 0 Å². The van der Waals surface area contributed by atoms with E-state index < -0.39 is 0 Å². The van der Waals surface area contributed by atoms with E-state index in [2.05, 4.69) is 21.1 Å². The van der Waals surface area contributed by atoms with E-state index in [0.717, 1.165) is 46.1 Å². The molecule has 7 heteroatoms. The third-order valence-corrected chi connectivity index (χ3v) is 7.53. The molecule has 0 aliphatic carbocycles. The average Bonchev–Trinajstić information content (AvgIpc) is 3.20. The molecule has 2 rings (SSSR count). The van der Waals surface area contributed by atoms with Crippen LogP contribution in [0, 0.1) is 6.92 Å². The van der Waals surface area contributed by atoms with Gasteiger partial charge in [-0.3, -0.25) is 4.79 Å². The van der Waals surface area contributed by atoms with Crippen LogP contribution in [-0.4, -0.2) is 60.3 Å². The number of unbranched alkanes of at least 4 members (excludes halogenated alkanes) is 1. The second-order valence-corrected chi connectivity index (χ2v) is 11.2. The predicted molar refractivity (Wildman–Crippen MR) is 132 cm³/mol. The summed E-state index contributed by atoms with van der Waals surface area (Å²) in [6.45, 7) is 7.44. The van der Waals surface area contributed by atoms with E-state index in [1.807, 2.05) is 66.6 Å². The molecule has 0 bridgehead atoms. The van der Waals surface area contributed by atoms with Gasteiger partial charge in [-0.2, -0.15) is 0 Å². The number of rotatable bonds is 9. The molecule has 0 amide bonds. The zero-order valence-electron chi connectivity index (χ0n) is 19.0. The number of aryl methyl sites for hydroxylation is 1. The lowest BCUT2D eigenvalue weighted by Gasteiger charge is -2.23. The van der Waals surface area contributed by atoms with E-state index >= 15 is 0 Å². The molecule has 1 heterocycles. The number of likely N-dealkylation sites (N-methyl/N-ethyl adjacent to an activating group) is 1. The summed E-state index contributed by atoms with van der Waals surface area (Å²) in [5.74, 6) is 1.26. The summed E-state index contributed by atoms with van der Waals surface area (Å²) in [6.07, 6.45) is 5.31. The summed E-state index contributed by atoms with van der Waals surface area (Å²) < 4.78 is 14.6. The number of ether oxygens (including phenoxy) is 1. The van der Waals surface area contributed by atoms with E-state index in [0.29, 0.717) is 13.0 Å². The zero-order chi connectivity index (χ0) is 22.1. The SMILES string of the molecule is CC.C[N+](C)(C)CCOC(=O)CCCCC1CCSS1.Cc1ccc(SO)cc1. The van der Waals surface area contributed by atoms with Gasteiger partial charge in [0.15, 0.2) is 0 Å². The second kappa shape index (κ2) is 17.4. The van der Waals surface area contributed by atoms with Crippen molar-refractivity contribution < 1.29 is 18.6 Å². The van der Waals surface area contributed by atoms with Crippen LogP contribution in [0.25, 0.3) is 0 Å². The minimum Gasteiger partial charge on any atom is -0.460 e. The quantitative estimate of drug-likeness (QED) is 0.148. The highest BCUT2D eigenvalue weighted by molar-refractivity contribution is 8.77. The molecule has 1 aromatic carbocycles. The van der Waals surface area contributed by atoms with Gasteiger partial charge >= 0.3 is 5.97 Å². The van der Waals surface area contributed by atoms with Gasteiger partial charge in [-0.1, -0.05) is 59.6 Å². The lowest BCUT2D eigenvalue weighted by molar-refractivity contribution is -0.870. The molecule has 1 aliphatic rings. The number of nitrogens with zero attached hydrogens (tertiary/aromatic N) is 1. The molecule has 0 saturated carbocycles. The molecule has 1 N–H and O–H groups in total. The molecule has 1 saturated heterocycles. The highest BCUT2D eigenvalue weighted by Gasteiger charge is 2.16. The monoisotopic (exact) mass is 462 g/mol. The van der Waals surface area contributed by atoms with Crippen LogP contribution in [0.1, 0.15) is 51.5 Å². The van der Waals surface area contributed by atoms with Gasteiger partial charge in [0, 0.05) is 34.4 Å². The van der Waals surface area contributed by atoms with E-state index in [1.165, 1.54) is 24.2 Å². The fourth-order valence-corrected chi connectivity index (χ4v) is 5.60. The normalized spacial score (nSPS) is 15.6. The number of carbonyl (C=O) groups is 1. The van der Waals surface area contributed by atoms with Gasteiger partial charge in [0.2, 0.25) is 0 Å². The van der Waals surface area contributed by atoms with Crippen LogP contribution < -0.4 is 0 Å². The van der Waals surface area contributed by atoms with Gasteiger partial charge in [0.25, 0.3) is 0 Å². The van der Waals surface area contributed by atoms with Crippen LogP contribution in [0.4, 0.5) is 0 Å². The van der Waals surface area contributed by atoms with Gasteiger partial charge in [-0.05, 0) is 38.3 Å². The maximum atomic E-state index is 11.5. The largest absolute Gasteiger partial charge is 0.460 e. The van der Waals surface area contributed by atoms with Crippen molar-refractivity contribution in [2.45, 2.75) is 63.0 Å². The number of esters is 1. The zero-order valence-corrected chi connectivity index (χ0v) is 21.4. The van der Waals surface area contributed by atoms with Crippen molar-refractivity contribution in [2.24, 2.45) is 0 Å². The van der Waals surface area contributed by atoms with Crippen molar-refractivity contribution in [3.8, 4) is 0 Å². The smallest absolute Gasteiger partial charge is 0.305 e. The highest BCUT2D eigenvalue weighted by atomic mass is 33.1. The molecule has 1 atom stereocenters. The summed E-state index contributed by atoms with van der Waals surface area (Å²) in [6, 6.07) is 7.72. The minimum atomic E-state index is -0.0306. The van der Waals surface area contributed by atoms with Gasteiger partial charge in [0.05, 0.1) is 21.1 Å². The Labute approximate surface area is 190 Å². The first-order valence-corrected chi connectivity index (χ1v) is 13.6. The Hall–Kier alpha value is -0.340. The topological polar surface area (TPSA) is 46.5 Å². The van der Waals surface area contributed by atoms with Crippen molar-refractivity contribution in [1.82, 2.24) is 0 Å². The Kier molecular flexibility index (Phi) is 17.1. The lowest BCUT2D eigenvalue weighted by Crippen LogP contribution is -2.38. The molecule has 1 aromatic rings. The summed E-state index contributed by atoms with van der Waals surface area (Å²) in [4.78, 5) is 12.4. The van der Waals surface area contributed by atoms with Crippen LogP contribution in [0.5, 0.6) is 0 Å². The summed E-state index contributed by atoms with van der Waals surface area (Å²) in [7, 11) is 10.3. The number of benzene rings is 1. The molecule has 168 valence electrons. The van der Waals surface area contributed by atoms with Crippen LogP contribution >= 0.6 is 33.6 Å². The van der Waals surface area contributed by atoms with E-state index in [9.17, 15) is 4.79 Å². The summed E-state index contributed by atoms with van der Waals surface area (Å²) in [5.41, 5.74) is 1.22. The number of hydrogen-bond donors (Lipinski definition) is 1. The van der Waals surface area contributed by atoms with E-state index in [-0.39, 0.29) is 5.97 Å². The van der Waals surface area contributed by atoms with Crippen LogP contribution in [0.3, 0.4) is 0 Å². The number of hydrogen-bond acceptors (Lipinski definition) is 6. The number of quaternary nitrogens is 1. The van der Waals surface area contributed by atoms with Crippen LogP contribution in [0.2, 0.25) is 0 Å². The Morgan fingerprint density at radius 3 is 2.38 bits per heavy atom. The molecule has 1 fully saturated rings.